The molecule has 1 N–H and O–H groups in total. The fraction of sp³-hybridized carbons (Fsp3) is 0.143. The van der Waals surface area contributed by atoms with Gasteiger partial charge in [-0.25, -0.2) is 9.18 Å². The highest BCUT2D eigenvalue weighted by atomic mass is 35.5. The monoisotopic (exact) mass is 416 g/mol. The number of rotatable bonds is 3. The largest absolute Gasteiger partial charge is 0.477 e. The number of halogens is 7. The number of carbonyl (C=O) groups is 1. The van der Waals surface area contributed by atoms with E-state index in [0.29, 0.717) is 4.68 Å². The third-order valence-electron chi connectivity index (χ3n) is 3.09. The first kappa shape index (κ1) is 19.6. The summed E-state index contributed by atoms with van der Waals surface area (Å²) < 4.78 is 53.6. The predicted octanol–water partition coefficient (Wildman–Crippen LogP) is 5.22. The van der Waals surface area contributed by atoms with Crippen molar-refractivity contribution in [1.29, 1.82) is 0 Å². The van der Waals surface area contributed by atoms with Crippen molar-refractivity contribution in [3.63, 3.8) is 0 Å². The molecule has 2 aromatic rings. The standard InChI is InChI=1S/C14H7Cl3F4N2O2/c1-23-12(14(19,20)21)10(17)11(22-23)6-2-5(3-8(16)13(24)25)7(15)4-9(6)18/h2-4H,1H3,(H,24,25)/b8-3-. The SMILES string of the molecule is Cn1nc(-c2cc(/C=C(\Cl)C(=O)O)c(Cl)cc2F)c(Cl)c1C(F)(F)F. The number of hydrogen-bond acceptors (Lipinski definition) is 2. The summed E-state index contributed by atoms with van der Waals surface area (Å²) in [5, 5.41) is 10.8. The van der Waals surface area contributed by atoms with E-state index >= 15 is 0 Å². The second-order valence-corrected chi connectivity index (χ2v) is 5.98. The molecule has 0 unspecified atom stereocenters. The van der Waals surface area contributed by atoms with E-state index in [1.54, 1.807) is 0 Å². The van der Waals surface area contributed by atoms with Crippen LogP contribution in [0.2, 0.25) is 10.0 Å². The number of hydrogen-bond donors (Lipinski definition) is 1. The molecule has 134 valence electrons. The minimum atomic E-state index is -4.80. The summed E-state index contributed by atoms with van der Waals surface area (Å²) in [5.41, 5.74) is -2.13. The molecule has 11 heteroatoms. The molecule has 25 heavy (non-hydrogen) atoms. The molecule has 0 aliphatic heterocycles. The third-order valence-corrected chi connectivity index (χ3v) is 4.04. The summed E-state index contributed by atoms with van der Waals surface area (Å²) in [4.78, 5) is 10.8. The van der Waals surface area contributed by atoms with Gasteiger partial charge in [0.25, 0.3) is 0 Å². The molecule has 4 nitrogen and oxygen atoms in total. The van der Waals surface area contributed by atoms with E-state index < -0.39 is 39.4 Å². The number of aryl methyl sites for hydroxylation is 1. The number of carboxylic acids is 1. The highest BCUT2D eigenvalue weighted by molar-refractivity contribution is 6.43. The maximum absolute atomic E-state index is 14.2. The number of carboxylic acid groups (broad SMARTS) is 1. The van der Waals surface area contributed by atoms with Crippen LogP contribution in [0.25, 0.3) is 17.3 Å². The zero-order valence-electron chi connectivity index (χ0n) is 12.1. The Morgan fingerprint density at radius 3 is 2.40 bits per heavy atom. The van der Waals surface area contributed by atoms with Crippen LogP contribution in [-0.4, -0.2) is 20.9 Å². The van der Waals surface area contributed by atoms with Crippen LogP contribution in [-0.2, 0) is 18.0 Å². The van der Waals surface area contributed by atoms with Gasteiger partial charge >= 0.3 is 12.1 Å². The average molecular weight is 418 g/mol. The minimum Gasteiger partial charge on any atom is -0.477 e. The average Bonchev–Trinajstić information content (AvgIpc) is 2.76. The van der Waals surface area contributed by atoms with E-state index in [9.17, 15) is 22.4 Å². The molecule has 0 saturated heterocycles. The molecule has 0 aliphatic carbocycles. The highest BCUT2D eigenvalue weighted by Gasteiger charge is 2.39. The maximum Gasteiger partial charge on any atom is 0.434 e. The normalized spacial score (nSPS) is 12.6. The van der Waals surface area contributed by atoms with E-state index in [2.05, 4.69) is 5.10 Å². The van der Waals surface area contributed by atoms with E-state index in [0.717, 1.165) is 25.3 Å². The quantitative estimate of drug-likeness (QED) is 0.550. The fourth-order valence-corrected chi connectivity index (χ4v) is 2.73. The third kappa shape index (κ3) is 3.91. The Kier molecular flexibility index (Phi) is 5.36. The Morgan fingerprint density at radius 1 is 1.32 bits per heavy atom. The topological polar surface area (TPSA) is 55.1 Å². The zero-order valence-corrected chi connectivity index (χ0v) is 14.4. The Labute approximate surface area is 153 Å². The van der Waals surface area contributed by atoms with Gasteiger partial charge in [0.2, 0.25) is 0 Å². The van der Waals surface area contributed by atoms with Crippen molar-refractivity contribution in [3.8, 4) is 11.3 Å². The molecule has 0 fully saturated rings. The Balaban J connectivity index is 2.69. The molecule has 0 aliphatic rings. The zero-order chi connectivity index (χ0) is 19.1. The van der Waals surface area contributed by atoms with Gasteiger partial charge in [-0.05, 0) is 23.8 Å². The van der Waals surface area contributed by atoms with Crippen LogP contribution in [0, 0.1) is 5.82 Å². The van der Waals surface area contributed by atoms with Crippen molar-refractivity contribution in [1.82, 2.24) is 9.78 Å². The lowest BCUT2D eigenvalue weighted by atomic mass is 10.1. The number of nitrogens with zero attached hydrogens (tertiary/aromatic N) is 2. The molecule has 0 atom stereocenters. The summed E-state index contributed by atoms with van der Waals surface area (Å²) in [7, 11) is 1.01. The molecule has 0 radical (unpaired) electrons. The lowest BCUT2D eigenvalue weighted by molar-refractivity contribution is -0.143. The van der Waals surface area contributed by atoms with E-state index in [1.165, 1.54) is 0 Å². The van der Waals surface area contributed by atoms with Gasteiger partial charge in [-0.15, -0.1) is 0 Å². The molecule has 0 amide bonds. The van der Waals surface area contributed by atoms with Crippen molar-refractivity contribution >= 4 is 46.8 Å². The van der Waals surface area contributed by atoms with Gasteiger partial charge in [0.05, 0.1) is 10.0 Å². The van der Waals surface area contributed by atoms with Gasteiger partial charge in [-0.1, -0.05) is 34.8 Å². The fourth-order valence-electron chi connectivity index (χ4n) is 2.03. The van der Waals surface area contributed by atoms with Gasteiger partial charge in [-0.2, -0.15) is 18.3 Å². The Morgan fingerprint density at radius 2 is 1.92 bits per heavy atom. The van der Waals surface area contributed by atoms with Crippen molar-refractivity contribution in [2.75, 3.05) is 0 Å². The summed E-state index contributed by atoms with van der Waals surface area (Å²) in [6.07, 6.45) is -3.87. The Bertz CT molecular complexity index is 891. The van der Waals surface area contributed by atoms with Gasteiger partial charge in [-0.3, -0.25) is 4.68 Å². The number of alkyl halides is 3. The second kappa shape index (κ2) is 6.86. The maximum atomic E-state index is 14.2. The van der Waals surface area contributed by atoms with E-state index in [-0.39, 0.29) is 16.1 Å². The number of benzene rings is 1. The van der Waals surface area contributed by atoms with Crippen molar-refractivity contribution in [2.24, 2.45) is 7.05 Å². The lowest BCUT2D eigenvalue weighted by Crippen LogP contribution is -2.12. The van der Waals surface area contributed by atoms with E-state index in [1.807, 2.05) is 0 Å². The second-order valence-electron chi connectivity index (χ2n) is 4.78. The molecule has 0 saturated carbocycles. The first-order valence-corrected chi connectivity index (χ1v) is 7.46. The van der Waals surface area contributed by atoms with Gasteiger partial charge in [0.15, 0.2) is 5.69 Å². The van der Waals surface area contributed by atoms with Crippen LogP contribution in [0.1, 0.15) is 11.3 Å². The summed E-state index contributed by atoms with van der Waals surface area (Å²) in [6, 6.07) is 1.81. The van der Waals surface area contributed by atoms with Crippen LogP contribution in [0.5, 0.6) is 0 Å². The lowest BCUT2D eigenvalue weighted by Gasteiger charge is -2.07. The van der Waals surface area contributed by atoms with Gasteiger partial charge in [0.1, 0.15) is 16.5 Å². The van der Waals surface area contributed by atoms with Gasteiger partial charge in [0, 0.05) is 12.6 Å². The van der Waals surface area contributed by atoms with E-state index in [4.69, 9.17) is 39.9 Å². The van der Waals surface area contributed by atoms with Crippen LogP contribution < -0.4 is 0 Å². The first-order valence-electron chi connectivity index (χ1n) is 6.33. The number of aliphatic carboxylic acids is 1. The molecule has 2 rings (SSSR count). The first-order chi connectivity index (χ1) is 11.4. The molecule has 0 spiro atoms. The minimum absolute atomic E-state index is 0.0271. The van der Waals surface area contributed by atoms with Gasteiger partial charge < -0.3 is 5.11 Å². The molecular weight excluding hydrogens is 411 g/mol. The smallest absolute Gasteiger partial charge is 0.434 e. The predicted molar refractivity (Wildman–Crippen MR) is 85.1 cm³/mol. The molecule has 1 aromatic carbocycles. The number of aromatic nitrogens is 2. The van der Waals surface area contributed by atoms with Crippen LogP contribution in [0.3, 0.4) is 0 Å². The molecule has 1 aromatic heterocycles. The highest BCUT2D eigenvalue weighted by Crippen LogP contribution is 2.41. The van der Waals surface area contributed by atoms with Crippen LogP contribution >= 0.6 is 34.8 Å². The van der Waals surface area contributed by atoms with Crippen LogP contribution in [0.15, 0.2) is 17.2 Å². The van der Waals surface area contributed by atoms with Crippen molar-refractivity contribution < 1.29 is 27.5 Å². The summed E-state index contributed by atoms with van der Waals surface area (Å²) in [6.45, 7) is 0. The van der Waals surface area contributed by atoms with Crippen molar-refractivity contribution in [2.45, 2.75) is 6.18 Å². The molecule has 0 bridgehead atoms. The summed E-state index contributed by atoms with van der Waals surface area (Å²) >= 11 is 17.0. The molecule has 1 heterocycles. The summed E-state index contributed by atoms with van der Waals surface area (Å²) in [5.74, 6) is -2.44. The Hall–Kier alpha value is -1.77. The van der Waals surface area contributed by atoms with Crippen LogP contribution in [0.4, 0.5) is 17.6 Å². The molecular formula is C14H7Cl3F4N2O2. The van der Waals surface area contributed by atoms with Crippen molar-refractivity contribution in [3.05, 3.63) is 44.3 Å².